The van der Waals surface area contributed by atoms with Crippen LogP contribution in [-0.4, -0.2) is 9.97 Å². The van der Waals surface area contributed by atoms with Crippen LogP contribution in [0.2, 0.25) is 5.15 Å². The second-order valence-electron chi connectivity index (χ2n) is 2.63. The molecule has 4 heteroatoms. The van der Waals surface area contributed by atoms with Gasteiger partial charge in [-0.2, -0.15) is 0 Å². The van der Waals surface area contributed by atoms with Crippen molar-refractivity contribution in [3.63, 3.8) is 0 Å². The van der Waals surface area contributed by atoms with Crippen LogP contribution in [0.5, 0.6) is 0 Å². The molecule has 0 fully saturated rings. The molecule has 2 rings (SSSR count). The van der Waals surface area contributed by atoms with Gasteiger partial charge in [0.25, 0.3) is 0 Å². The maximum atomic E-state index is 5.91. The Hall–Kier alpha value is -1.35. The van der Waals surface area contributed by atoms with Crippen LogP contribution in [0, 0.1) is 6.92 Å². The molecule has 2 aromatic rings. The van der Waals surface area contributed by atoms with Gasteiger partial charge in [-0.15, -0.1) is 0 Å². The summed E-state index contributed by atoms with van der Waals surface area (Å²) < 4.78 is 5.10. The number of aromatic nitrogens is 2. The predicted molar refractivity (Wildman–Crippen MR) is 49.5 cm³/mol. The Morgan fingerprint density at radius 1 is 1.38 bits per heavy atom. The zero-order chi connectivity index (χ0) is 9.26. The largest absolute Gasteiger partial charge is 0.444 e. The van der Waals surface area contributed by atoms with Gasteiger partial charge >= 0.3 is 0 Å². The fraction of sp³-hybridized carbons (Fsp3) is 0.111. The number of nitrogens with zero attached hydrogens (tertiary/aromatic N) is 2. The highest BCUT2D eigenvalue weighted by molar-refractivity contribution is 6.31. The monoisotopic (exact) mass is 194 g/mol. The fourth-order valence-corrected chi connectivity index (χ4v) is 1.32. The van der Waals surface area contributed by atoms with Gasteiger partial charge in [-0.1, -0.05) is 11.6 Å². The summed E-state index contributed by atoms with van der Waals surface area (Å²) in [6, 6.07) is 3.71. The van der Waals surface area contributed by atoms with E-state index in [1.165, 1.54) is 6.26 Å². The Labute approximate surface area is 80.4 Å². The Morgan fingerprint density at radius 2 is 2.23 bits per heavy atom. The van der Waals surface area contributed by atoms with Gasteiger partial charge in [0.1, 0.15) is 11.4 Å². The molecule has 0 bridgehead atoms. The van der Waals surface area contributed by atoms with Gasteiger partial charge in [0.2, 0.25) is 5.89 Å². The first-order chi connectivity index (χ1) is 6.27. The van der Waals surface area contributed by atoms with Gasteiger partial charge in [0, 0.05) is 5.69 Å². The molecule has 0 amide bonds. The molecule has 2 aromatic heterocycles. The van der Waals surface area contributed by atoms with Crippen molar-refractivity contribution in [1.29, 1.82) is 0 Å². The first-order valence-electron chi connectivity index (χ1n) is 3.80. The first-order valence-corrected chi connectivity index (χ1v) is 4.18. The van der Waals surface area contributed by atoms with Gasteiger partial charge in [-0.3, -0.25) is 0 Å². The van der Waals surface area contributed by atoms with Crippen LogP contribution < -0.4 is 0 Å². The molecule has 0 N–H and O–H groups in total. The van der Waals surface area contributed by atoms with Crippen molar-refractivity contribution in [2.24, 2.45) is 0 Å². The number of hydrogen-bond donors (Lipinski definition) is 0. The standard InChI is InChI=1S/C9H7ClN2O/c1-6-2-3-7(8(10)12-6)9-11-4-5-13-9/h2-5H,1H3. The summed E-state index contributed by atoms with van der Waals surface area (Å²) in [4.78, 5) is 8.08. The van der Waals surface area contributed by atoms with Crippen molar-refractivity contribution in [2.75, 3.05) is 0 Å². The summed E-state index contributed by atoms with van der Waals surface area (Å²) in [6.07, 6.45) is 3.08. The zero-order valence-corrected chi connectivity index (χ0v) is 7.75. The van der Waals surface area contributed by atoms with Crippen molar-refractivity contribution >= 4 is 11.6 Å². The lowest BCUT2D eigenvalue weighted by atomic mass is 10.2. The van der Waals surface area contributed by atoms with E-state index < -0.39 is 0 Å². The van der Waals surface area contributed by atoms with E-state index in [-0.39, 0.29) is 0 Å². The van der Waals surface area contributed by atoms with E-state index in [4.69, 9.17) is 16.0 Å². The van der Waals surface area contributed by atoms with E-state index in [9.17, 15) is 0 Å². The summed E-state index contributed by atoms with van der Waals surface area (Å²) in [5.74, 6) is 0.498. The molecule has 0 atom stereocenters. The van der Waals surface area contributed by atoms with Crippen LogP contribution in [0.3, 0.4) is 0 Å². The van der Waals surface area contributed by atoms with Crippen LogP contribution in [0.25, 0.3) is 11.5 Å². The quantitative estimate of drug-likeness (QED) is 0.656. The first kappa shape index (κ1) is 8.26. The smallest absolute Gasteiger partial charge is 0.228 e. The van der Waals surface area contributed by atoms with E-state index >= 15 is 0 Å². The Bertz CT molecular complexity index is 412. The van der Waals surface area contributed by atoms with Crippen molar-refractivity contribution < 1.29 is 4.42 Å². The van der Waals surface area contributed by atoms with E-state index in [0.29, 0.717) is 11.0 Å². The fourth-order valence-electron chi connectivity index (χ4n) is 1.04. The van der Waals surface area contributed by atoms with Gasteiger partial charge in [-0.25, -0.2) is 9.97 Å². The number of hydrogen-bond acceptors (Lipinski definition) is 3. The highest BCUT2D eigenvalue weighted by Gasteiger charge is 2.07. The minimum Gasteiger partial charge on any atom is -0.444 e. The minimum atomic E-state index is 0.419. The number of halogens is 1. The van der Waals surface area contributed by atoms with Crippen LogP contribution in [0.4, 0.5) is 0 Å². The van der Waals surface area contributed by atoms with Gasteiger partial charge < -0.3 is 4.42 Å². The highest BCUT2D eigenvalue weighted by atomic mass is 35.5. The Balaban J connectivity index is 2.53. The average molecular weight is 195 g/mol. The summed E-state index contributed by atoms with van der Waals surface area (Å²) in [5.41, 5.74) is 1.59. The SMILES string of the molecule is Cc1ccc(-c2ncco2)c(Cl)n1. The summed E-state index contributed by atoms with van der Waals surface area (Å²) in [7, 11) is 0. The molecule has 66 valence electrons. The molecule has 0 aliphatic rings. The minimum absolute atomic E-state index is 0.419. The lowest BCUT2D eigenvalue weighted by molar-refractivity contribution is 0.574. The molecule has 0 saturated carbocycles. The van der Waals surface area contributed by atoms with Crippen LogP contribution >= 0.6 is 11.6 Å². The lowest BCUT2D eigenvalue weighted by Gasteiger charge is -1.98. The third-order valence-corrected chi connectivity index (χ3v) is 1.94. The number of aryl methyl sites for hydroxylation is 1. The van der Waals surface area contributed by atoms with Crippen LogP contribution in [-0.2, 0) is 0 Å². The second-order valence-corrected chi connectivity index (χ2v) is 2.99. The Kier molecular flexibility index (Phi) is 2.02. The molecule has 13 heavy (non-hydrogen) atoms. The van der Waals surface area contributed by atoms with E-state index in [1.54, 1.807) is 6.20 Å². The molecule has 0 radical (unpaired) electrons. The summed E-state index contributed by atoms with van der Waals surface area (Å²) in [6.45, 7) is 1.88. The van der Waals surface area contributed by atoms with Crippen LogP contribution in [0.1, 0.15) is 5.69 Å². The van der Waals surface area contributed by atoms with E-state index in [0.717, 1.165) is 11.3 Å². The molecule has 0 spiro atoms. The van der Waals surface area contributed by atoms with E-state index in [2.05, 4.69) is 9.97 Å². The van der Waals surface area contributed by atoms with E-state index in [1.807, 2.05) is 19.1 Å². The highest BCUT2D eigenvalue weighted by Crippen LogP contribution is 2.24. The molecule has 3 nitrogen and oxygen atoms in total. The molecule has 0 unspecified atom stereocenters. The molecular weight excluding hydrogens is 188 g/mol. The third-order valence-electron chi connectivity index (χ3n) is 1.65. The van der Waals surface area contributed by atoms with Crippen molar-refractivity contribution in [2.45, 2.75) is 6.92 Å². The molecular formula is C9H7ClN2O. The number of pyridine rings is 1. The van der Waals surface area contributed by atoms with Gasteiger partial charge in [0.05, 0.1) is 11.8 Å². The molecule has 0 saturated heterocycles. The normalized spacial score (nSPS) is 10.3. The third kappa shape index (κ3) is 1.55. The van der Waals surface area contributed by atoms with Crippen molar-refractivity contribution in [1.82, 2.24) is 9.97 Å². The summed E-state index contributed by atoms with van der Waals surface area (Å²) in [5, 5.41) is 0.419. The average Bonchev–Trinajstić information content (AvgIpc) is 2.56. The maximum Gasteiger partial charge on any atom is 0.228 e. The summed E-state index contributed by atoms with van der Waals surface area (Å²) >= 11 is 5.91. The van der Waals surface area contributed by atoms with Gasteiger partial charge in [0.15, 0.2) is 0 Å². The second kappa shape index (κ2) is 3.18. The van der Waals surface area contributed by atoms with Crippen molar-refractivity contribution in [3.05, 3.63) is 35.4 Å². The lowest BCUT2D eigenvalue weighted by Crippen LogP contribution is -1.85. The number of oxazole rings is 1. The van der Waals surface area contributed by atoms with Crippen LogP contribution in [0.15, 0.2) is 29.0 Å². The predicted octanol–water partition coefficient (Wildman–Crippen LogP) is 2.70. The molecule has 0 aromatic carbocycles. The molecule has 2 heterocycles. The topological polar surface area (TPSA) is 38.9 Å². The van der Waals surface area contributed by atoms with Gasteiger partial charge in [-0.05, 0) is 19.1 Å². The number of rotatable bonds is 1. The molecule has 0 aliphatic carbocycles. The molecule has 0 aliphatic heterocycles. The van der Waals surface area contributed by atoms with Crippen molar-refractivity contribution in [3.8, 4) is 11.5 Å². The Morgan fingerprint density at radius 3 is 2.85 bits per heavy atom. The zero-order valence-electron chi connectivity index (χ0n) is 6.99. The maximum absolute atomic E-state index is 5.91.